The zero-order chi connectivity index (χ0) is 12.1. The van der Waals surface area contributed by atoms with Gasteiger partial charge in [-0.2, -0.15) is 0 Å². The van der Waals surface area contributed by atoms with Crippen molar-refractivity contribution < 1.29 is 14.6 Å². The van der Waals surface area contributed by atoms with Crippen LogP contribution < -0.4 is 0 Å². The smallest absolute Gasteiger partial charge is 0.338 e. The number of hydrogen-bond donors (Lipinski definition) is 1. The third-order valence-electron chi connectivity index (χ3n) is 2.05. The number of carboxylic acids is 1. The molecule has 0 atom stereocenters. The van der Waals surface area contributed by atoms with Gasteiger partial charge in [0.1, 0.15) is 5.03 Å². The number of methoxy groups -OCH3 is 1. The Bertz CT molecular complexity index is 393. The van der Waals surface area contributed by atoms with Crippen LogP contribution in [0, 0.1) is 13.8 Å². The lowest BCUT2D eigenvalue weighted by atomic mass is 10.1. The first-order chi connectivity index (χ1) is 7.56. The molecule has 0 unspecified atom stereocenters. The number of ether oxygens (including phenoxy) is 1. The van der Waals surface area contributed by atoms with E-state index in [2.05, 4.69) is 4.98 Å². The van der Waals surface area contributed by atoms with Crippen LogP contribution in [0.3, 0.4) is 0 Å². The number of carboxylic acid groups (broad SMARTS) is 1. The van der Waals surface area contributed by atoms with Crippen LogP contribution in [0.5, 0.6) is 0 Å². The van der Waals surface area contributed by atoms with Gasteiger partial charge in [0.05, 0.1) is 12.2 Å². The minimum atomic E-state index is -0.926. The number of thioether (sulfide) groups is 1. The highest BCUT2D eigenvalue weighted by Gasteiger charge is 2.15. The molecule has 16 heavy (non-hydrogen) atoms. The lowest BCUT2D eigenvalue weighted by molar-refractivity contribution is 0.0691. The van der Waals surface area contributed by atoms with Crippen molar-refractivity contribution in [1.82, 2.24) is 4.98 Å². The van der Waals surface area contributed by atoms with E-state index in [9.17, 15) is 4.79 Å². The van der Waals surface area contributed by atoms with Crippen LogP contribution >= 0.6 is 11.8 Å². The van der Waals surface area contributed by atoms with Gasteiger partial charge in [-0.15, -0.1) is 11.8 Å². The third kappa shape index (κ3) is 3.21. The normalized spacial score (nSPS) is 10.4. The highest BCUT2D eigenvalue weighted by molar-refractivity contribution is 7.99. The van der Waals surface area contributed by atoms with Gasteiger partial charge in [0, 0.05) is 18.6 Å². The van der Waals surface area contributed by atoms with E-state index in [4.69, 9.17) is 9.84 Å². The largest absolute Gasteiger partial charge is 0.478 e. The van der Waals surface area contributed by atoms with Crippen LogP contribution in [0.25, 0.3) is 0 Å². The summed E-state index contributed by atoms with van der Waals surface area (Å²) in [5, 5.41) is 9.68. The van der Waals surface area contributed by atoms with E-state index in [1.54, 1.807) is 20.1 Å². The van der Waals surface area contributed by atoms with Crippen molar-refractivity contribution in [3.8, 4) is 0 Å². The zero-order valence-corrected chi connectivity index (χ0v) is 10.4. The minimum absolute atomic E-state index is 0.298. The Labute approximate surface area is 99.0 Å². The number of aryl methyl sites for hydroxylation is 2. The van der Waals surface area contributed by atoms with E-state index >= 15 is 0 Å². The van der Waals surface area contributed by atoms with Gasteiger partial charge in [-0.05, 0) is 25.5 Å². The van der Waals surface area contributed by atoms with Crippen molar-refractivity contribution >= 4 is 17.7 Å². The first kappa shape index (κ1) is 13.0. The van der Waals surface area contributed by atoms with E-state index in [-0.39, 0.29) is 0 Å². The van der Waals surface area contributed by atoms with Crippen molar-refractivity contribution in [1.29, 1.82) is 0 Å². The number of aromatic nitrogens is 1. The molecule has 1 rings (SSSR count). The van der Waals surface area contributed by atoms with Crippen LogP contribution in [0.4, 0.5) is 0 Å². The maximum Gasteiger partial charge on any atom is 0.338 e. The van der Waals surface area contributed by atoms with E-state index in [0.717, 1.165) is 11.3 Å². The molecule has 1 aromatic rings. The van der Waals surface area contributed by atoms with Gasteiger partial charge < -0.3 is 9.84 Å². The first-order valence-corrected chi connectivity index (χ1v) is 5.88. The summed E-state index contributed by atoms with van der Waals surface area (Å²) in [6.45, 7) is 4.23. The molecule has 0 amide bonds. The van der Waals surface area contributed by atoms with Crippen LogP contribution in [0.15, 0.2) is 11.1 Å². The summed E-state index contributed by atoms with van der Waals surface area (Å²) in [6.07, 6.45) is 0. The quantitative estimate of drug-likeness (QED) is 0.632. The molecule has 1 N–H and O–H groups in total. The Morgan fingerprint density at radius 1 is 1.56 bits per heavy atom. The highest BCUT2D eigenvalue weighted by Crippen LogP contribution is 2.24. The molecule has 0 aliphatic rings. The molecular weight excluding hydrogens is 226 g/mol. The molecule has 0 saturated carbocycles. The topological polar surface area (TPSA) is 59.4 Å². The zero-order valence-electron chi connectivity index (χ0n) is 9.61. The number of nitrogens with zero attached hydrogens (tertiary/aromatic N) is 1. The lowest BCUT2D eigenvalue weighted by Crippen LogP contribution is -2.06. The van der Waals surface area contributed by atoms with Crippen LogP contribution in [0.2, 0.25) is 0 Å². The molecule has 0 saturated heterocycles. The van der Waals surface area contributed by atoms with Crippen LogP contribution in [-0.2, 0) is 4.74 Å². The van der Waals surface area contributed by atoms with Gasteiger partial charge in [0.2, 0.25) is 0 Å². The molecule has 1 heterocycles. The molecule has 0 fully saturated rings. The summed E-state index contributed by atoms with van der Waals surface area (Å²) in [6, 6.07) is 1.78. The predicted octanol–water partition coefficient (Wildman–Crippen LogP) is 2.14. The van der Waals surface area contributed by atoms with Crippen molar-refractivity contribution in [3.63, 3.8) is 0 Å². The van der Waals surface area contributed by atoms with Crippen molar-refractivity contribution in [2.45, 2.75) is 18.9 Å². The monoisotopic (exact) mass is 241 g/mol. The molecular formula is C11H15NO3S. The molecule has 5 heteroatoms. The van der Waals surface area contributed by atoms with Gasteiger partial charge in [0.15, 0.2) is 0 Å². The van der Waals surface area contributed by atoms with Gasteiger partial charge in [-0.25, -0.2) is 9.78 Å². The van der Waals surface area contributed by atoms with Crippen molar-refractivity contribution in [2.75, 3.05) is 19.5 Å². The number of pyridine rings is 1. The second kappa shape index (κ2) is 5.86. The summed E-state index contributed by atoms with van der Waals surface area (Å²) < 4.78 is 4.93. The van der Waals surface area contributed by atoms with Gasteiger partial charge >= 0.3 is 5.97 Å². The summed E-state index contributed by atoms with van der Waals surface area (Å²) in [7, 11) is 1.62. The number of carbonyl (C=O) groups is 1. The fraction of sp³-hybridized carbons (Fsp3) is 0.455. The fourth-order valence-corrected chi connectivity index (χ4v) is 2.43. The third-order valence-corrected chi connectivity index (χ3v) is 2.99. The van der Waals surface area contributed by atoms with Crippen LogP contribution in [-0.4, -0.2) is 35.5 Å². The van der Waals surface area contributed by atoms with Gasteiger partial charge in [-0.1, -0.05) is 0 Å². The molecule has 4 nitrogen and oxygen atoms in total. The molecule has 1 aromatic heterocycles. The number of rotatable bonds is 5. The van der Waals surface area contributed by atoms with Crippen molar-refractivity contribution in [2.24, 2.45) is 0 Å². The molecule has 0 radical (unpaired) electrons. The van der Waals surface area contributed by atoms with Gasteiger partial charge in [-0.3, -0.25) is 0 Å². The van der Waals surface area contributed by atoms with Crippen LogP contribution in [0.1, 0.15) is 21.6 Å². The predicted molar refractivity (Wildman–Crippen MR) is 63.3 cm³/mol. The molecule has 0 aliphatic carbocycles. The second-order valence-electron chi connectivity index (χ2n) is 3.41. The van der Waals surface area contributed by atoms with E-state index < -0.39 is 5.97 Å². The Morgan fingerprint density at radius 3 is 2.81 bits per heavy atom. The average molecular weight is 241 g/mol. The minimum Gasteiger partial charge on any atom is -0.478 e. The maximum absolute atomic E-state index is 11.1. The second-order valence-corrected chi connectivity index (χ2v) is 4.49. The molecule has 0 bridgehead atoms. The highest BCUT2D eigenvalue weighted by atomic mass is 32.2. The Morgan fingerprint density at radius 2 is 2.25 bits per heavy atom. The average Bonchev–Trinajstić information content (AvgIpc) is 2.16. The molecule has 0 aliphatic heterocycles. The van der Waals surface area contributed by atoms with Crippen molar-refractivity contribution in [3.05, 3.63) is 22.9 Å². The van der Waals surface area contributed by atoms with E-state index in [0.29, 0.717) is 22.9 Å². The molecule has 0 spiro atoms. The molecule has 0 aromatic carbocycles. The van der Waals surface area contributed by atoms with E-state index in [1.165, 1.54) is 11.8 Å². The Hall–Kier alpha value is -1.07. The Balaban J connectivity index is 2.99. The summed E-state index contributed by atoms with van der Waals surface area (Å²) in [5.74, 6) is -0.225. The summed E-state index contributed by atoms with van der Waals surface area (Å²) in [5.41, 5.74) is 1.88. The number of aromatic carboxylic acids is 1. The standard InChI is InChI=1S/C11H15NO3S/c1-7-6-8(2)12-10(9(7)11(13)14)16-5-4-15-3/h6H,4-5H2,1-3H3,(H,13,14). The van der Waals surface area contributed by atoms with E-state index in [1.807, 2.05) is 6.92 Å². The van der Waals surface area contributed by atoms with Gasteiger partial charge in [0.25, 0.3) is 0 Å². The SMILES string of the molecule is COCCSc1nc(C)cc(C)c1C(=O)O. The number of hydrogen-bond acceptors (Lipinski definition) is 4. The summed E-state index contributed by atoms with van der Waals surface area (Å²) >= 11 is 1.41. The maximum atomic E-state index is 11.1. The first-order valence-electron chi connectivity index (χ1n) is 4.89. The Kier molecular flexibility index (Phi) is 4.76. The molecule has 88 valence electrons. The lowest BCUT2D eigenvalue weighted by Gasteiger charge is -2.08. The fourth-order valence-electron chi connectivity index (χ4n) is 1.39. The summed E-state index contributed by atoms with van der Waals surface area (Å²) in [4.78, 5) is 15.4.